The van der Waals surface area contributed by atoms with Crippen LogP contribution in [0.5, 0.6) is 0 Å². The van der Waals surface area contributed by atoms with Gasteiger partial charge in [0.2, 0.25) is 0 Å². The Morgan fingerprint density at radius 1 is 1.48 bits per heavy atom. The van der Waals surface area contributed by atoms with E-state index < -0.39 is 25.5 Å². The number of halogens is 3. The highest BCUT2D eigenvalue weighted by Crippen LogP contribution is 2.35. The second kappa shape index (κ2) is 6.55. The van der Waals surface area contributed by atoms with E-state index in [4.69, 9.17) is 22.4 Å². The highest BCUT2D eigenvalue weighted by molar-refractivity contribution is 7.21. The van der Waals surface area contributed by atoms with Crippen LogP contribution in [0.2, 0.25) is 5.02 Å². The minimum absolute atomic E-state index is 0.169. The molecule has 0 unspecified atom stereocenters. The monoisotopic (exact) mass is 334 g/mol. The fourth-order valence-corrected chi connectivity index (χ4v) is 3.32. The first-order chi connectivity index (χ1) is 9.93. The van der Waals surface area contributed by atoms with Crippen molar-refractivity contribution in [3.8, 4) is 0 Å². The molecule has 0 spiro atoms. The second-order valence-electron chi connectivity index (χ2n) is 4.35. The molecule has 0 fully saturated rings. The number of rotatable bonds is 5. The number of nitrogen functional groups attached to an aromatic ring is 1. The van der Waals surface area contributed by atoms with Crippen LogP contribution in [-0.2, 0) is 0 Å². The third-order valence-electron chi connectivity index (χ3n) is 2.90. The number of aliphatic hydroxyl groups excluding tert-OH is 1. The summed E-state index contributed by atoms with van der Waals surface area (Å²) in [6.45, 7) is -1.31. The number of hydrogen-bond acceptors (Lipinski definition) is 4. The molecule has 2 rings (SSSR count). The Hall–Kier alpha value is -1.44. The number of carbonyl (C=O) groups is 1. The number of nitrogens with two attached hydrogens (primary N) is 1. The lowest BCUT2D eigenvalue weighted by atomic mass is 10.2. The van der Waals surface area contributed by atoms with Gasteiger partial charge in [0.15, 0.2) is 0 Å². The molecule has 4 nitrogen and oxygen atoms in total. The predicted molar refractivity (Wildman–Crippen MR) is 80.2 cm³/mol. The second-order valence-corrected chi connectivity index (χ2v) is 5.84. The standard InChI is InChI=1S/C13H13ClF2N2O2S/c14-7-1-2-8-9(5-7)21-12(11(8)17)13(20)18(3-4-19)6-10(15)16/h1-2,5,10,19H,3-4,6,17H2. The molecular formula is C13H13ClF2N2O2S. The molecule has 21 heavy (non-hydrogen) atoms. The summed E-state index contributed by atoms with van der Waals surface area (Å²) in [5.74, 6) is -0.612. The van der Waals surface area contributed by atoms with Crippen LogP contribution in [0.3, 0.4) is 0 Å². The Morgan fingerprint density at radius 2 is 2.19 bits per heavy atom. The molecule has 0 aliphatic heterocycles. The fraction of sp³-hybridized carbons (Fsp3) is 0.308. The van der Waals surface area contributed by atoms with E-state index in [9.17, 15) is 13.6 Å². The molecule has 2 aromatic rings. The number of carbonyl (C=O) groups excluding carboxylic acids is 1. The van der Waals surface area contributed by atoms with Gasteiger partial charge in [-0.1, -0.05) is 11.6 Å². The molecule has 0 saturated carbocycles. The lowest BCUT2D eigenvalue weighted by Gasteiger charge is -2.20. The van der Waals surface area contributed by atoms with Crippen molar-refractivity contribution in [2.75, 3.05) is 25.4 Å². The summed E-state index contributed by atoms with van der Waals surface area (Å²) in [5, 5.41) is 10.1. The SMILES string of the molecule is Nc1c(C(=O)N(CCO)CC(F)F)sc2cc(Cl)ccc12. The summed E-state index contributed by atoms with van der Waals surface area (Å²) in [6, 6.07) is 4.99. The zero-order valence-electron chi connectivity index (χ0n) is 10.9. The first kappa shape index (κ1) is 15.9. The lowest BCUT2D eigenvalue weighted by Crippen LogP contribution is -2.37. The highest BCUT2D eigenvalue weighted by Gasteiger charge is 2.24. The molecular weight excluding hydrogens is 322 g/mol. The topological polar surface area (TPSA) is 66.6 Å². The number of benzene rings is 1. The van der Waals surface area contributed by atoms with Gasteiger partial charge in [-0.25, -0.2) is 8.78 Å². The molecule has 1 aromatic carbocycles. The van der Waals surface area contributed by atoms with Crippen molar-refractivity contribution in [1.82, 2.24) is 4.90 Å². The van der Waals surface area contributed by atoms with E-state index in [0.717, 1.165) is 16.2 Å². The summed E-state index contributed by atoms with van der Waals surface area (Å²) in [4.78, 5) is 13.4. The van der Waals surface area contributed by atoms with Crippen LogP contribution >= 0.6 is 22.9 Å². The Balaban J connectivity index is 2.39. The quantitative estimate of drug-likeness (QED) is 0.883. The molecule has 0 atom stereocenters. The van der Waals surface area contributed by atoms with Crippen molar-refractivity contribution in [1.29, 1.82) is 0 Å². The van der Waals surface area contributed by atoms with Crippen molar-refractivity contribution in [2.24, 2.45) is 0 Å². The summed E-state index contributed by atoms with van der Waals surface area (Å²) < 4.78 is 25.8. The number of fused-ring (bicyclic) bond motifs is 1. The van der Waals surface area contributed by atoms with Crippen molar-refractivity contribution in [3.63, 3.8) is 0 Å². The largest absolute Gasteiger partial charge is 0.397 e. The minimum Gasteiger partial charge on any atom is -0.397 e. The number of thiophene rings is 1. The maximum absolute atomic E-state index is 12.5. The van der Waals surface area contributed by atoms with Gasteiger partial charge in [-0.2, -0.15) is 0 Å². The van der Waals surface area contributed by atoms with Crippen LogP contribution in [0.15, 0.2) is 18.2 Å². The smallest absolute Gasteiger partial charge is 0.266 e. The molecule has 0 aliphatic carbocycles. The average molecular weight is 335 g/mol. The van der Waals surface area contributed by atoms with Crippen molar-refractivity contribution in [2.45, 2.75) is 6.43 Å². The number of amides is 1. The molecule has 1 amide bonds. The summed E-state index contributed by atoms with van der Waals surface area (Å²) >= 11 is 6.98. The van der Waals surface area contributed by atoms with E-state index in [1.807, 2.05) is 0 Å². The van der Waals surface area contributed by atoms with Crippen LogP contribution in [0.25, 0.3) is 10.1 Å². The van der Waals surface area contributed by atoms with Crippen LogP contribution < -0.4 is 5.73 Å². The van der Waals surface area contributed by atoms with Gasteiger partial charge >= 0.3 is 0 Å². The first-order valence-corrected chi connectivity index (χ1v) is 7.29. The molecule has 114 valence electrons. The molecule has 0 aliphatic rings. The van der Waals surface area contributed by atoms with E-state index in [-0.39, 0.29) is 17.1 Å². The van der Waals surface area contributed by atoms with Gasteiger partial charge in [-0.3, -0.25) is 4.79 Å². The van der Waals surface area contributed by atoms with Gasteiger partial charge in [0.1, 0.15) is 4.88 Å². The Bertz CT molecular complexity index is 663. The Kier molecular flexibility index (Phi) is 4.97. The fourth-order valence-electron chi connectivity index (χ4n) is 1.96. The van der Waals surface area contributed by atoms with Gasteiger partial charge in [0.05, 0.1) is 18.8 Å². The van der Waals surface area contributed by atoms with E-state index in [1.54, 1.807) is 18.2 Å². The maximum atomic E-state index is 12.5. The number of anilines is 1. The zero-order valence-corrected chi connectivity index (χ0v) is 12.4. The number of hydrogen-bond donors (Lipinski definition) is 2. The zero-order chi connectivity index (χ0) is 15.6. The van der Waals surface area contributed by atoms with Crippen molar-refractivity contribution in [3.05, 3.63) is 28.1 Å². The van der Waals surface area contributed by atoms with Gasteiger partial charge in [0.25, 0.3) is 12.3 Å². The molecule has 8 heteroatoms. The van der Waals surface area contributed by atoms with Crippen molar-refractivity contribution < 1.29 is 18.7 Å². The summed E-state index contributed by atoms with van der Waals surface area (Å²) in [6.07, 6.45) is -2.68. The summed E-state index contributed by atoms with van der Waals surface area (Å²) in [7, 11) is 0. The predicted octanol–water partition coefficient (Wildman–Crippen LogP) is 2.84. The Labute approximate surface area is 128 Å². The third kappa shape index (κ3) is 3.42. The van der Waals surface area contributed by atoms with Crippen LogP contribution in [-0.4, -0.2) is 42.0 Å². The minimum atomic E-state index is -2.68. The van der Waals surface area contributed by atoms with Crippen molar-refractivity contribution >= 4 is 44.6 Å². The van der Waals surface area contributed by atoms with E-state index in [0.29, 0.717) is 15.1 Å². The van der Waals surface area contributed by atoms with Crippen LogP contribution in [0.4, 0.5) is 14.5 Å². The van der Waals surface area contributed by atoms with Gasteiger partial charge in [-0.15, -0.1) is 11.3 Å². The van der Waals surface area contributed by atoms with E-state index in [1.165, 1.54) is 0 Å². The molecule has 1 aromatic heterocycles. The lowest BCUT2D eigenvalue weighted by molar-refractivity contribution is 0.0514. The van der Waals surface area contributed by atoms with Gasteiger partial charge in [0, 0.05) is 21.7 Å². The molecule has 0 radical (unpaired) electrons. The first-order valence-electron chi connectivity index (χ1n) is 6.10. The average Bonchev–Trinajstić information content (AvgIpc) is 2.73. The molecule has 3 N–H and O–H groups in total. The molecule has 0 saturated heterocycles. The van der Waals surface area contributed by atoms with E-state index in [2.05, 4.69) is 0 Å². The van der Waals surface area contributed by atoms with Crippen LogP contribution in [0.1, 0.15) is 9.67 Å². The third-order valence-corrected chi connectivity index (χ3v) is 4.29. The normalized spacial score (nSPS) is 11.3. The van der Waals surface area contributed by atoms with Gasteiger partial charge < -0.3 is 15.7 Å². The Morgan fingerprint density at radius 3 is 2.81 bits per heavy atom. The highest BCUT2D eigenvalue weighted by atomic mass is 35.5. The molecule has 1 heterocycles. The maximum Gasteiger partial charge on any atom is 0.266 e. The van der Waals surface area contributed by atoms with Crippen LogP contribution in [0, 0.1) is 0 Å². The number of aliphatic hydroxyl groups is 1. The van der Waals surface area contributed by atoms with Gasteiger partial charge in [-0.05, 0) is 18.2 Å². The molecule has 0 bridgehead atoms. The number of alkyl halides is 2. The summed E-state index contributed by atoms with van der Waals surface area (Å²) in [5.41, 5.74) is 6.17. The van der Waals surface area contributed by atoms with E-state index >= 15 is 0 Å². The number of nitrogens with zero attached hydrogens (tertiary/aromatic N) is 1.